The van der Waals surface area contributed by atoms with Crippen LogP contribution in [0, 0.1) is 0 Å². The number of piperazine rings is 1. The number of hydrogen-bond acceptors (Lipinski definition) is 5. The predicted molar refractivity (Wildman–Crippen MR) is 116 cm³/mol. The topological polar surface area (TPSA) is 60.3 Å². The summed E-state index contributed by atoms with van der Waals surface area (Å²) in [4.78, 5) is 16.4. The Balaban J connectivity index is 0.00000205. The summed E-state index contributed by atoms with van der Waals surface area (Å²) < 4.78 is 0. The highest BCUT2D eigenvalue weighted by atomic mass is 35.5. The van der Waals surface area contributed by atoms with Gasteiger partial charge in [-0.1, -0.05) is 35.9 Å². The second kappa shape index (κ2) is 8.40. The lowest BCUT2D eigenvalue weighted by Crippen LogP contribution is -2.47. The smallest absolute Gasteiger partial charge is 0.228 e. The molecule has 1 unspecified atom stereocenters. The van der Waals surface area contributed by atoms with Crippen LogP contribution in [0.25, 0.3) is 0 Å². The first-order valence-corrected chi connectivity index (χ1v) is 10.1. The predicted octanol–water partition coefficient (Wildman–Crippen LogP) is 4.21. The number of carbonyl (C=O) groups excluding carboxylic acids is 1. The van der Waals surface area contributed by atoms with E-state index in [9.17, 15) is 4.79 Å². The van der Waals surface area contributed by atoms with Crippen LogP contribution in [0.15, 0.2) is 46.6 Å². The van der Waals surface area contributed by atoms with Gasteiger partial charge in [0.25, 0.3) is 0 Å². The van der Waals surface area contributed by atoms with Gasteiger partial charge in [0.2, 0.25) is 5.91 Å². The number of hydrogen-bond donors (Lipinski definition) is 1. The molecule has 3 aliphatic rings. The first-order chi connectivity index (χ1) is 13.7. The highest BCUT2D eigenvalue weighted by Crippen LogP contribution is 2.37. The maximum atomic E-state index is 11.6. The van der Waals surface area contributed by atoms with Gasteiger partial charge >= 0.3 is 0 Å². The third kappa shape index (κ3) is 4.03. The van der Waals surface area contributed by atoms with Gasteiger partial charge in [-0.2, -0.15) is 10.2 Å². The van der Waals surface area contributed by atoms with Crippen LogP contribution in [-0.4, -0.2) is 48.4 Å². The fraction of sp³-hybridized carbons (Fsp3) is 0.381. The number of azo groups is 1. The van der Waals surface area contributed by atoms with Gasteiger partial charge in [0.15, 0.2) is 6.17 Å². The van der Waals surface area contributed by atoms with E-state index in [1.165, 1.54) is 5.56 Å². The summed E-state index contributed by atoms with van der Waals surface area (Å²) in [6.45, 7) is 4.95. The number of halogens is 2. The van der Waals surface area contributed by atoms with Crippen molar-refractivity contribution in [1.29, 1.82) is 0 Å². The summed E-state index contributed by atoms with van der Waals surface area (Å²) in [6.07, 6.45) is 1.41. The monoisotopic (exact) mass is 431 g/mol. The first-order valence-electron chi connectivity index (χ1n) is 9.75. The molecule has 1 amide bonds. The molecule has 1 fully saturated rings. The Kier molecular flexibility index (Phi) is 5.88. The molecule has 2 aromatic rings. The Bertz CT molecular complexity index is 956. The number of rotatable bonds is 4. The van der Waals surface area contributed by atoms with E-state index in [1.807, 2.05) is 18.2 Å². The van der Waals surface area contributed by atoms with Gasteiger partial charge in [0, 0.05) is 49.0 Å². The van der Waals surface area contributed by atoms with E-state index in [0.717, 1.165) is 66.7 Å². The summed E-state index contributed by atoms with van der Waals surface area (Å²) in [6, 6.07) is 12.2. The van der Waals surface area contributed by atoms with Crippen molar-refractivity contribution >= 4 is 41.3 Å². The summed E-state index contributed by atoms with van der Waals surface area (Å²) in [5, 5.41) is 12.4. The number of nitrogens with zero attached hydrogens (tertiary/aromatic N) is 4. The lowest BCUT2D eigenvalue weighted by atomic mass is 10.1. The molecule has 6 nitrogen and oxygen atoms in total. The van der Waals surface area contributed by atoms with Gasteiger partial charge in [-0.05, 0) is 29.7 Å². The molecular formula is C21H23Cl2N5O. The molecule has 3 aliphatic heterocycles. The number of nitrogens with one attached hydrogen (secondary N) is 1. The number of anilines is 1. The third-order valence-corrected chi connectivity index (χ3v) is 6.19. The fourth-order valence-electron chi connectivity index (χ4n) is 4.25. The molecule has 0 saturated carbocycles. The van der Waals surface area contributed by atoms with Gasteiger partial charge in [-0.3, -0.25) is 9.69 Å². The van der Waals surface area contributed by atoms with Crippen molar-refractivity contribution in [3.8, 4) is 0 Å². The van der Waals surface area contributed by atoms with E-state index >= 15 is 0 Å². The summed E-state index contributed by atoms with van der Waals surface area (Å²) >= 11 is 6.43. The molecule has 3 heterocycles. The van der Waals surface area contributed by atoms with E-state index in [4.69, 9.17) is 11.6 Å². The maximum absolute atomic E-state index is 11.6. The zero-order chi connectivity index (χ0) is 19.1. The van der Waals surface area contributed by atoms with Crippen molar-refractivity contribution in [2.45, 2.75) is 19.0 Å². The average Bonchev–Trinajstić information content (AvgIpc) is 3.29. The lowest BCUT2D eigenvalue weighted by molar-refractivity contribution is -0.115. The largest absolute Gasteiger partial charge is 0.325 e. The van der Waals surface area contributed by atoms with E-state index in [0.29, 0.717) is 6.42 Å². The van der Waals surface area contributed by atoms with Crippen LogP contribution in [0.3, 0.4) is 0 Å². The van der Waals surface area contributed by atoms with Gasteiger partial charge in [-0.25, -0.2) is 0 Å². The van der Waals surface area contributed by atoms with Crippen molar-refractivity contribution in [2.24, 2.45) is 10.2 Å². The van der Waals surface area contributed by atoms with Crippen LogP contribution in [0.2, 0.25) is 5.02 Å². The molecule has 1 N–H and O–H groups in total. The molecule has 0 aromatic heterocycles. The van der Waals surface area contributed by atoms with E-state index in [-0.39, 0.29) is 24.5 Å². The fourth-order valence-corrected chi connectivity index (χ4v) is 4.50. The Hall–Kier alpha value is -1.99. The van der Waals surface area contributed by atoms with Gasteiger partial charge in [-0.15, -0.1) is 12.4 Å². The zero-order valence-electron chi connectivity index (χ0n) is 16.0. The second-order valence-corrected chi connectivity index (χ2v) is 8.01. The summed E-state index contributed by atoms with van der Waals surface area (Å²) in [7, 11) is 0. The minimum absolute atomic E-state index is 0. The SMILES string of the molecule is Cl.O=C1Cc2cc(CCN3CCN(C4N=Nc5ccccc54)CC3)c(Cl)cc2N1. The Morgan fingerprint density at radius 2 is 1.93 bits per heavy atom. The van der Waals surface area contributed by atoms with Crippen molar-refractivity contribution in [1.82, 2.24) is 9.80 Å². The van der Waals surface area contributed by atoms with Crippen molar-refractivity contribution in [3.63, 3.8) is 0 Å². The highest BCUT2D eigenvalue weighted by molar-refractivity contribution is 6.31. The van der Waals surface area contributed by atoms with E-state index in [2.05, 4.69) is 43.5 Å². The number of benzene rings is 2. The molecule has 5 rings (SSSR count). The molecule has 0 bridgehead atoms. The summed E-state index contributed by atoms with van der Waals surface area (Å²) in [5.74, 6) is 0.0463. The molecule has 29 heavy (non-hydrogen) atoms. The molecule has 0 aliphatic carbocycles. The first kappa shape index (κ1) is 20.3. The zero-order valence-corrected chi connectivity index (χ0v) is 17.5. The minimum Gasteiger partial charge on any atom is -0.325 e. The average molecular weight is 432 g/mol. The molecule has 2 aromatic carbocycles. The van der Waals surface area contributed by atoms with Crippen LogP contribution in [0.1, 0.15) is 22.9 Å². The quantitative estimate of drug-likeness (QED) is 0.788. The van der Waals surface area contributed by atoms with Crippen molar-refractivity contribution < 1.29 is 4.79 Å². The minimum atomic E-state index is 0. The molecule has 1 atom stereocenters. The highest BCUT2D eigenvalue weighted by Gasteiger charge is 2.29. The van der Waals surface area contributed by atoms with Crippen molar-refractivity contribution in [2.75, 3.05) is 38.0 Å². The maximum Gasteiger partial charge on any atom is 0.228 e. The molecule has 8 heteroatoms. The standard InChI is InChI=1S/C21H22ClN5O.ClH/c22-17-13-19-15(12-20(28)23-19)11-14(17)5-6-26-7-9-27(10-8-26)21-16-3-1-2-4-18(16)24-25-21;/h1-4,11,13,21H,5-10,12H2,(H,23,28);1H. The summed E-state index contributed by atoms with van der Waals surface area (Å²) in [5.41, 5.74) is 5.24. The Morgan fingerprint density at radius 1 is 1.14 bits per heavy atom. The van der Waals surface area contributed by atoms with Crippen LogP contribution in [0.4, 0.5) is 11.4 Å². The van der Waals surface area contributed by atoms with Gasteiger partial charge in [0.1, 0.15) is 0 Å². The number of amides is 1. The van der Waals surface area contributed by atoms with E-state index in [1.54, 1.807) is 0 Å². The van der Waals surface area contributed by atoms with Gasteiger partial charge in [0.05, 0.1) is 12.1 Å². The Morgan fingerprint density at radius 3 is 2.76 bits per heavy atom. The Labute approximate surface area is 181 Å². The van der Waals surface area contributed by atoms with Crippen molar-refractivity contribution in [3.05, 3.63) is 58.1 Å². The van der Waals surface area contributed by atoms with Crippen LogP contribution in [-0.2, 0) is 17.6 Å². The van der Waals surface area contributed by atoms with Crippen LogP contribution >= 0.6 is 24.0 Å². The van der Waals surface area contributed by atoms with E-state index < -0.39 is 0 Å². The molecule has 152 valence electrons. The third-order valence-electron chi connectivity index (χ3n) is 5.84. The molecular weight excluding hydrogens is 409 g/mol. The molecule has 0 spiro atoms. The molecule has 0 radical (unpaired) electrons. The lowest BCUT2D eigenvalue weighted by Gasteiger charge is -2.36. The van der Waals surface area contributed by atoms with Crippen LogP contribution < -0.4 is 5.32 Å². The van der Waals surface area contributed by atoms with Gasteiger partial charge < -0.3 is 10.2 Å². The molecule has 1 saturated heterocycles. The number of carbonyl (C=O) groups is 1. The second-order valence-electron chi connectivity index (χ2n) is 7.60. The normalized spacial score (nSPS) is 20.9. The number of fused-ring (bicyclic) bond motifs is 2. The van der Waals surface area contributed by atoms with Crippen LogP contribution in [0.5, 0.6) is 0 Å².